The number of ether oxygens (including phenoxy) is 1. The first kappa shape index (κ1) is 19.2. The lowest BCUT2D eigenvalue weighted by Gasteiger charge is -2.10. The molecule has 3 rings (SSSR count). The second-order valence-electron chi connectivity index (χ2n) is 5.62. The Morgan fingerprint density at radius 3 is 2.89 bits per heavy atom. The third kappa shape index (κ3) is 4.81. The van der Waals surface area contributed by atoms with Gasteiger partial charge in [-0.25, -0.2) is 0 Å². The first-order valence-corrected chi connectivity index (χ1v) is 10.3. The van der Waals surface area contributed by atoms with E-state index in [2.05, 4.69) is 20.8 Å². The van der Waals surface area contributed by atoms with E-state index in [1.165, 1.54) is 11.8 Å². The molecule has 7 nitrogen and oxygen atoms in total. The van der Waals surface area contributed by atoms with Gasteiger partial charge in [0, 0.05) is 10.6 Å². The summed E-state index contributed by atoms with van der Waals surface area (Å²) in [5.41, 5.74) is 2.56. The van der Waals surface area contributed by atoms with Crippen molar-refractivity contribution in [2.45, 2.75) is 17.0 Å². The van der Waals surface area contributed by atoms with Crippen LogP contribution in [0.2, 0.25) is 0 Å². The van der Waals surface area contributed by atoms with Crippen molar-refractivity contribution in [1.29, 1.82) is 0 Å². The second kappa shape index (κ2) is 8.92. The number of rotatable bonds is 7. The van der Waals surface area contributed by atoms with Gasteiger partial charge in [0.15, 0.2) is 0 Å². The molecule has 0 unspecified atom stereocenters. The van der Waals surface area contributed by atoms with Gasteiger partial charge in [-0.15, -0.1) is 16.9 Å². The average Bonchev–Trinajstić information content (AvgIpc) is 3.15. The van der Waals surface area contributed by atoms with Crippen molar-refractivity contribution in [3.8, 4) is 11.4 Å². The van der Waals surface area contributed by atoms with Crippen molar-refractivity contribution >= 4 is 35.1 Å². The Hall–Kier alpha value is -2.52. The molecule has 1 aromatic heterocycles. The van der Waals surface area contributed by atoms with Crippen molar-refractivity contribution in [1.82, 2.24) is 20.2 Å². The average molecular weight is 402 g/mol. The highest BCUT2D eigenvalue weighted by Gasteiger charge is 2.15. The maximum absolute atomic E-state index is 12.3. The number of carbonyl (C=O) groups is 1. The topological polar surface area (TPSA) is 81.9 Å². The van der Waals surface area contributed by atoms with Gasteiger partial charge < -0.3 is 10.1 Å². The van der Waals surface area contributed by atoms with E-state index in [4.69, 9.17) is 4.74 Å². The first-order chi connectivity index (χ1) is 13.1. The number of amides is 1. The fourth-order valence-electron chi connectivity index (χ4n) is 2.41. The van der Waals surface area contributed by atoms with Crippen LogP contribution < -0.4 is 10.1 Å². The number of benzene rings is 2. The molecule has 0 radical (unpaired) electrons. The van der Waals surface area contributed by atoms with E-state index >= 15 is 0 Å². The maximum Gasteiger partial charge on any atom is 0.234 e. The number of nitrogens with zero attached hydrogens (tertiary/aromatic N) is 4. The molecule has 1 heterocycles. The molecule has 0 aliphatic rings. The summed E-state index contributed by atoms with van der Waals surface area (Å²) in [5, 5.41) is 15.2. The van der Waals surface area contributed by atoms with Gasteiger partial charge >= 0.3 is 0 Å². The summed E-state index contributed by atoms with van der Waals surface area (Å²) in [7, 11) is 1.60. The van der Waals surface area contributed by atoms with Gasteiger partial charge in [-0.1, -0.05) is 23.9 Å². The van der Waals surface area contributed by atoms with Crippen LogP contribution in [0.4, 0.5) is 5.69 Å². The van der Waals surface area contributed by atoms with Gasteiger partial charge in [0.25, 0.3) is 0 Å². The minimum atomic E-state index is -0.121. The molecular weight excluding hydrogens is 382 g/mol. The van der Waals surface area contributed by atoms with Crippen molar-refractivity contribution < 1.29 is 9.53 Å². The molecule has 0 aliphatic carbocycles. The number of aryl methyl sites for hydroxylation is 1. The number of nitrogens with one attached hydrogen (secondary N) is 1. The SMILES string of the molecule is COc1ccc(C)cc1-n1nnnc1SCC(=O)Nc1cccc(SC)c1. The number of aromatic nitrogens is 4. The standard InChI is InChI=1S/C18H19N5O2S2/c1-12-7-8-16(25-2)15(9-12)23-18(20-21-22-23)27-11-17(24)19-13-5-4-6-14(10-13)26-3/h4-10H,11H2,1-3H3,(H,19,24). The number of tetrazole rings is 1. The Kier molecular flexibility index (Phi) is 6.36. The predicted molar refractivity (Wildman–Crippen MR) is 108 cm³/mol. The van der Waals surface area contributed by atoms with E-state index in [1.54, 1.807) is 23.6 Å². The molecule has 27 heavy (non-hydrogen) atoms. The number of thioether (sulfide) groups is 2. The molecule has 2 aromatic carbocycles. The number of anilines is 1. The van der Waals surface area contributed by atoms with Crippen LogP contribution in [0.1, 0.15) is 5.56 Å². The smallest absolute Gasteiger partial charge is 0.234 e. The summed E-state index contributed by atoms with van der Waals surface area (Å²) in [6, 6.07) is 13.5. The lowest BCUT2D eigenvalue weighted by atomic mass is 10.2. The largest absolute Gasteiger partial charge is 0.494 e. The summed E-state index contributed by atoms with van der Waals surface area (Å²) in [4.78, 5) is 13.4. The molecule has 3 aromatic rings. The number of hydrogen-bond acceptors (Lipinski definition) is 7. The predicted octanol–water partition coefficient (Wildman–Crippen LogP) is 3.43. The Morgan fingerprint density at radius 1 is 1.26 bits per heavy atom. The lowest BCUT2D eigenvalue weighted by Crippen LogP contribution is -2.14. The van der Waals surface area contributed by atoms with Gasteiger partial charge in [-0.05, 0) is 59.5 Å². The highest BCUT2D eigenvalue weighted by atomic mass is 32.2. The number of methoxy groups -OCH3 is 1. The van der Waals surface area contributed by atoms with E-state index in [9.17, 15) is 4.79 Å². The van der Waals surface area contributed by atoms with Crippen molar-refractivity contribution in [3.05, 3.63) is 48.0 Å². The minimum Gasteiger partial charge on any atom is -0.494 e. The number of carbonyl (C=O) groups excluding carboxylic acids is 1. The summed E-state index contributed by atoms with van der Waals surface area (Å²) < 4.78 is 6.98. The fraction of sp³-hybridized carbons (Fsp3) is 0.222. The van der Waals surface area contributed by atoms with Gasteiger partial charge in [-0.2, -0.15) is 4.68 Å². The summed E-state index contributed by atoms with van der Waals surface area (Å²) in [5.74, 6) is 0.731. The molecule has 0 fully saturated rings. The number of hydrogen-bond donors (Lipinski definition) is 1. The highest BCUT2D eigenvalue weighted by molar-refractivity contribution is 7.99. The van der Waals surface area contributed by atoms with Crippen molar-refractivity contribution in [3.63, 3.8) is 0 Å². The fourth-order valence-corrected chi connectivity index (χ4v) is 3.56. The van der Waals surface area contributed by atoms with E-state index in [0.29, 0.717) is 10.9 Å². The summed E-state index contributed by atoms with van der Waals surface area (Å²) in [6.45, 7) is 1.98. The van der Waals surface area contributed by atoms with Crippen LogP contribution >= 0.6 is 23.5 Å². The highest BCUT2D eigenvalue weighted by Crippen LogP contribution is 2.27. The maximum atomic E-state index is 12.3. The van der Waals surface area contributed by atoms with Crippen LogP contribution in [-0.4, -0.2) is 45.2 Å². The van der Waals surface area contributed by atoms with Crippen LogP contribution in [0, 0.1) is 6.92 Å². The molecule has 0 saturated carbocycles. The molecule has 1 amide bonds. The Morgan fingerprint density at radius 2 is 2.11 bits per heavy atom. The van der Waals surface area contributed by atoms with Crippen molar-refractivity contribution in [2.75, 3.05) is 24.4 Å². The molecule has 1 N–H and O–H groups in total. The Bertz CT molecular complexity index is 945. The third-order valence-electron chi connectivity index (χ3n) is 3.69. The molecule has 140 valence electrons. The third-order valence-corrected chi connectivity index (χ3v) is 5.33. The van der Waals surface area contributed by atoms with Crippen molar-refractivity contribution in [2.24, 2.45) is 0 Å². The van der Waals surface area contributed by atoms with Crippen LogP contribution in [0.3, 0.4) is 0 Å². The molecule has 0 aliphatic heterocycles. The minimum absolute atomic E-state index is 0.121. The monoisotopic (exact) mass is 401 g/mol. The Labute approximate surface area is 165 Å². The normalized spacial score (nSPS) is 10.6. The Balaban J connectivity index is 1.70. The molecule has 0 saturated heterocycles. The van der Waals surface area contributed by atoms with Crippen LogP contribution in [0.15, 0.2) is 52.5 Å². The zero-order valence-electron chi connectivity index (χ0n) is 15.2. The lowest BCUT2D eigenvalue weighted by molar-refractivity contribution is -0.113. The van der Waals surface area contributed by atoms with Gasteiger partial charge in [0.05, 0.1) is 12.9 Å². The molecular formula is C18H19N5O2S2. The molecule has 9 heteroatoms. The summed E-state index contributed by atoms with van der Waals surface area (Å²) >= 11 is 2.89. The molecule has 0 spiro atoms. The van der Waals surface area contributed by atoms with E-state index < -0.39 is 0 Å². The van der Waals surface area contributed by atoms with Gasteiger partial charge in [0.1, 0.15) is 11.4 Å². The molecule has 0 bridgehead atoms. The van der Waals surface area contributed by atoms with Crippen LogP contribution in [0.5, 0.6) is 5.75 Å². The van der Waals surface area contributed by atoms with E-state index in [-0.39, 0.29) is 11.7 Å². The quantitative estimate of drug-likeness (QED) is 0.607. The zero-order valence-corrected chi connectivity index (χ0v) is 16.8. The van der Waals surface area contributed by atoms with Crippen LogP contribution in [0.25, 0.3) is 5.69 Å². The zero-order chi connectivity index (χ0) is 19.2. The van der Waals surface area contributed by atoms with Gasteiger partial charge in [-0.3, -0.25) is 4.79 Å². The summed E-state index contributed by atoms with van der Waals surface area (Å²) in [6.07, 6.45) is 2.00. The van der Waals surface area contributed by atoms with Crippen LogP contribution in [-0.2, 0) is 4.79 Å². The van der Waals surface area contributed by atoms with E-state index in [1.807, 2.05) is 55.6 Å². The molecule has 0 atom stereocenters. The first-order valence-electron chi connectivity index (χ1n) is 8.11. The second-order valence-corrected chi connectivity index (χ2v) is 7.44. The van der Waals surface area contributed by atoms with Gasteiger partial charge in [0.2, 0.25) is 11.1 Å². The van der Waals surface area contributed by atoms with E-state index in [0.717, 1.165) is 21.8 Å².